The second-order valence-electron chi connectivity index (χ2n) is 6.67. The van der Waals surface area contributed by atoms with Crippen molar-refractivity contribution < 1.29 is 19.1 Å². The molecule has 24 heavy (non-hydrogen) atoms. The predicted molar refractivity (Wildman–Crippen MR) is 92.0 cm³/mol. The molecule has 0 saturated carbocycles. The van der Waals surface area contributed by atoms with Crippen molar-refractivity contribution in [2.24, 2.45) is 0 Å². The number of aromatic nitrogens is 1. The van der Waals surface area contributed by atoms with Crippen LogP contribution >= 0.6 is 11.6 Å². The van der Waals surface area contributed by atoms with Gasteiger partial charge in [-0.05, 0) is 46.8 Å². The molecule has 0 aliphatic heterocycles. The minimum Gasteiger partial charge on any atom is -0.460 e. The Bertz CT molecular complexity index is 586. The van der Waals surface area contributed by atoms with Crippen LogP contribution in [-0.4, -0.2) is 34.8 Å². The van der Waals surface area contributed by atoms with Gasteiger partial charge in [0.05, 0.1) is 10.7 Å². The van der Waals surface area contributed by atoms with Gasteiger partial charge in [0.1, 0.15) is 17.7 Å². The molecule has 0 fully saturated rings. The molecule has 0 radical (unpaired) electrons. The summed E-state index contributed by atoms with van der Waals surface area (Å²) in [5.74, 6) is -0.733. The lowest BCUT2D eigenvalue weighted by Crippen LogP contribution is -2.43. The van der Waals surface area contributed by atoms with E-state index in [0.717, 1.165) is 0 Å². The average Bonchev–Trinajstić information content (AvgIpc) is 2.44. The van der Waals surface area contributed by atoms with E-state index >= 15 is 0 Å². The van der Waals surface area contributed by atoms with Crippen LogP contribution in [0.1, 0.15) is 53.2 Å². The number of carbonyl (C=O) groups excluding carboxylic acids is 2. The average molecular weight is 357 g/mol. The van der Waals surface area contributed by atoms with E-state index in [9.17, 15) is 9.59 Å². The van der Waals surface area contributed by atoms with Gasteiger partial charge in [0.15, 0.2) is 0 Å². The van der Waals surface area contributed by atoms with Crippen LogP contribution in [0.5, 0.6) is 0 Å². The van der Waals surface area contributed by atoms with Gasteiger partial charge in [-0.25, -0.2) is 9.59 Å². The normalized spacial score (nSPS) is 15.1. The van der Waals surface area contributed by atoms with E-state index in [0.29, 0.717) is 10.7 Å². The van der Waals surface area contributed by atoms with Gasteiger partial charge in [0.2, 0.25) is 0 Å². The molecule has 0 aliphatic rings. The number of alkyl carbamates (subject to hydrolysis) is 1. The molecule has 1 rings (SSSR count). The Balaban J connectivity index is 2.60. The minimum absolute atomic E-state index is 0.184. The molecule has 134 valence electrons. The Kier molecular flexibility index (Phi) is 7.02. The quantitative estimate of drug-likeness (QED) is 0.814. The standard InChI is InChI=1S/C17H25ClN2O4/c1-10(14-13(18)8-7-9-19-14)12(3)23-15(21)11(2)20-16(22)24-17(4,5)6/h7-12H,1-6H3,(H,20,22)/t10-,11+,12+/m1/s1. The van der Waals surface area contributed by atoms with Crippen LogP contribution in [0.3, 0.4) is 0 Å². The monoisotopic (exact) mass is 356 g/mol. The fourth-order valence-electron chi connectivity index (χ4n) is 1.89. The van der Waals surface area contributed by atoms with Crippen molar-refractivity contribution in [2.45, 2.75) is 65.2 Å². The lowest BCUT2D eigenvalue weighted by Gasteiger charge is -2.24. The Morgan fingerprint density at radius 1 is 1.25 bits per heavy atom. The van der Waals surface area contributed by atoms with Crippen molar-refractivity contribution in [1.82, 2.24) is 10.3 Å². The molecule has 1 aromatic rings. The van der Waals surface area contributed by atoms with E-state index in [1.165, 1.54) is 6.92 Å². The van der Waals surface area contributed by atoms with Crippen molar-refractivity contribution in [3.8, 4) is 0 Å². The molecule has 1 N–H and O–H groups in total. The number of esters is 1. The van der Waals surface area contributed by atoms with Gasteiger partial charge in [-0.2, -0.15) is 0 Å². The number of pyridine rings is 1. The van der Waals surface area contributed by atoms with Crippen LogP contribution in [0.15, 0.2) is 18.3 Å². The number of hydrogen-bond donors (Lipinski definition) is 1. The highest BCUT2D eigenvalue weighted by Crippen LogP contribution is 2.26. The number of amides is 1. The van der Waals surface area contributed by atoms with E-state index in [2.05, 4.69) is 10.3 Å². The molecule has 1 heterocycles. The third-order valence-electron chi connectivity index (χ3n) is 3.31. The summed E-state index contributed by atoms with van der Waals surface area (Å²) in [6, 6.07) is 2.65. The van der Waals surface area contributed by atoms with Gasteiger partial charge in [0, 0.05) is 12.1 Å². The maximum absolute atomic E-state index is 12.1. The van der Waals surface area contributed by atoms with Crippen molar-refractivity contribution in [3.05, 3.63) is 29.0 Å². The van der Waals surface area contributed by atoms with Gasteiger partial charge in [0.25, 0.3) is 0 Å². The molecular weight excluding hydrogens is 332 g/mol. The summed E-state index contributed by atoms with van der Waals surface area (Å²) in [7, 11) is 0. The lowest BCUT2D eigenvalue weighted by molar-refractivity contribution is -0.151. The zero-order chi connectivity index (χ0) is 18.5. The maximum Gasteiger partial charge on any atom is 0.408 e. The maximum atomic E-state index is 12.1. The van der Waals surface area contributed by atoms with E-state index in [1.807, 2.05) is 6.92 Å². The number of carbonyl (C=O) groups is 2. The van der Waals surface area contributed by atoms with Crippen LogP contribution in [0.4, 0.5) is 4.79 Å². The highest BCUT2D eigenvalue weighted by Gasteiger charge is 2.26. The first-order chi connectivity index (χ1) is 11.0. The highest BCUT2D eigenvalue weighted by molar-refractivity contribution is 6.31. The number of halogens is 1. The number of nitrogens with zero attached hydrogens (tertiary/aromatic N) is 1. The topological polar surface area (TPSA) is 77.5 Å². The van der Waals surface area contributed by atoms with Crippen LogP contribution in [0.25, 0.3) is 0 Å². The molecule has 0 unspecified atom stereocenters. The first kappa shape index (κ1) is 20.2. The Labute approximate surface area is 147 Å². The first-order valence-electron chi connectivity index (χ1n) is 7.81. The molecule has 0 aliphatic carbocycles. The van der Waals surface area contributed by atoms with Crippen LogP contribution in [0, 0.1) is 0 Å². The molecule has 3 atom stereocenters. The summed E-state index contributed by atoms with van der Waals surface area (Å²) < 4.78 is 10.5. The zero-order valence-electron chi connectivity index (χ0n) is 14.9. The summed E-state index contributed by atoms with van der Waals surface area (Å²) in [6.45, 7) is 10.4. The summed E-state index contributed by atoms with van der Waals surface area (Å²) in [4.78, 5) is 28.0. The van der Waals surface area contributed by atoms with Crippen molar-refractivity contribution >= 4 is 23.7 Å². The van der Waals surface area contributed by atoms with E-state index < -0.39 is 29.8 Å². The zero-order valence-corrected chi connectivity index (χ0v) is 15.7. The number of rotatable bonds is 5. The van der Waals surface area contributed by atoms with Gasteiger partial charge >= 0.3 is 12.1 Å². The lowest BCUT2D eigenvalue weighted by atomic mass is 10.0. The Hall–Kier alpha value is -1.82. The predicted octanol–water partition coefficient (Wildman–Crippen LogP) is 3.68. The molecule has 6 nitrogen and oxygen atoms in total. The molecule has 0 bridgehead atoms. The van der Waals surface area contributed by atoms with Gasteiger partial charge in [-0.3, -0.25) is 4.98 Å². The SMILES string of the molecule is C[C@H](NC(=O)OC(C)(C)C)C(=O)O[C@@H](C)[C@@H](C)c1ncccc1Cl. The summed E-state index contributed by atoms with van der Waals surface area (Å²) in [5, 5.41) is 2.98. The van der Waals surface area contributed by atoms with Crippen LogP contribution in [0.2, 0.25) is 5.02 Å². The molecule has 1 aromatic heterocycles. The van der Waals surface area contributed by atoms with E-state index in [4.69, 9.17) is 21.1 Å². The highest BCUT2D eigenvalue weighted by atomic mass is 35.5. The van der Waals surface area contributed by atoms with E-state index in [-0.39, 0.29) is 5.92 Å². The van der Waals surface area contributed by atoms with Gasteiger partial charge in [-0.15, -0.1) is 0 Å². The van der Waals surface area contributed by atoms with Crippen molar-refractivity contribution in [1.29, 1.82) is 0 Å². The van der Waals surface area contributed by atoms with E-state index in [1.54, 1.807) is 46.0 Å². The van der Waals surface area contributed by atoms with Crippen LogP contribution < -0.4 is 5.32 Å². The second kappa shape index (κ2) is 8.33. The fourth-order valence-corrected chi connectivity index (χ4v) is 2.18. The first-order valence-corrected chi connectivity index (χ1v) is 8.19. The third-order valence-corrected chi connectivity index (χ3v) is 3.63. The number of ether oxygens (including phenoxy) is 2. The van der Waals surface area contributed by atoms with Gasteiger partial charge < -0.3 is 14.8 Å². The second-order valence-corrected chi connectivity index (χ2v) is 7.08. The largest absolute Gasteiger partial charge is 0.460 e. The summed E-state index contributed by atoms with van der Waals surface area (Å²) >= 11 is 6.12. The molecule has 0 aromatic carbocycles. The summed E-state index contributed by atoms with van der Waals surface area (Å²) in [6.07, 6.45) is 0.520. The molecule has 0 spiro atoms. The molecule has 0 saturated heterocycles. The van der Waals surface area contributed by atoms with Crippen LogP contribution in [-0.2, 0) is 14.3 Å². The molecule has 7 heteroatoms. The van der Waals surface area contributed by atoms with Crippen molar-refractivity contribution in [3.63, 3.8) is 0 Å². The number of nitrogens with one attached hydrogen (secondary N) is 1. The molecule has 1 amide bonds. The smallest absolute Gasteiger partial charge is 0.408 e. The molecular formula is C17H25ClN2O4. The third kappa shape index (κ3) is 6.35. The van der Waals surface area contributed by atoms with Gasteiger partial charge in [-0.1, -0.05) is 18.5 Å². The van der Waals surface area contributed by atoms with Crippen molar-refractivity contribution in [2.75, 3.05) is 0 Å². The Morgan fingerprint density at radius 2 is 1.88 bits per heavy atom. The fraction of sp³-hybridized carbons (Fsp3) is 0.588. The Morgan fingerprint density at radius 3 is 2.42 bits per heavy atom. The minimum atomic E-state index is -0.825. The number of hydrogen-bond acceptors (Lipinski definition) is 5. The summed E-state index contributed by atoms with van der Waals surface area (Å²) in [5.41, 5.74) is 0.0258.